The second kappa shape index (κ2) is 10.3. The molecule has 0 bridgehead atoms. The third-order valence-corrected chi connectivity index (χ3v) is 4.56. The number of nitrogens with two attached hydrogens (primary N) is 1. The van der Waals surface area contributed by atoms with Crippen LogP contribution in [0.25, 0.3) is 0 Å². The van der Waals surface area contributed by atoms with Gasteiger partial charge in [0.25, 0.3) is 0 Å². The lowest BCUT2D eigenvalue weighted by Gasteiger charge is -2.22. The topological polar surface area (TPSA) is 59.6 Å². The molecule has 23 heavy (non-hydrogen) atoms. The Labute approximate surface area is 140 Å². The molecule has 0 aromatic heterocycles. The molecule has 1 unspecified atom stereocenters. The number of nitrogens with one attached hydrogen (secondary N) is 1. The van der Waals surface area contributed by atoms with Crippen LogP contribution in [0.1, 0.15) is 44.6 Å². The average Bonchev–Trinajstić information content (AvgIpc) is 3.09. The summed E-state index contributed by atoms with van der Waals surface area (Å²) < 4.78 is 5.92. The Balaban J connectivity index is 1.66. The maximum Gasteiger partial charge on any atom is 0.188 e. The fourth-order valence-electron chi connectivity index (χ4n) is 3.35. The molecule has 0 amide bonds. The van der Waals surface area contributed by atoms with Crippen LogP contribution in [0.2, 0.25) is 0 Å². The molecular weight excluding hydrogens is 286 g/mol. The summed E-state index contributed by atoms with van der Waals surface area (Å²) in [6.45, 7) is 4.42. The van der Waals surface area contributed by atoms with Gasteiger partial charge < -0.3 is 15.8 Å². The molecule has 1 aromatic carbocycles. The number of nitrogens with zero attached hydrogens (tertiary/aromatic N) is 1. The predicted molar refractivity (Wildman–Crippen MR) is 96.6 cm³/mol. The van der Waals surface area contributed by atoms with E-state index in [1.165, 1.54) is 31.2 Å². The fourth-order valence-corrected chi connectivity index (χ4v) is 3.35. The first-order valence-corrected chi connectivity index (χ1v) is 8.99. The summed E-state index contributed by atoms with van der Waals surface area (Å²) in [6.07, 6.45) is 7.59. The van der Waals surface area contributed by atoms with E-state index < -0.39 is 0 Å². The van der Waals surface area contributed by atoms with Crippen molar-refractivity contribution in [3.8, 4) is 0 Å². The normalized spacial score (nSPS) is 17.3. The van der Waals surface area contributed by atoms with Gasteiger partial charge in [-0.05, 0) is 44.1 Å². The molecule has 1 fully saturated rings. The number of hydrogen-bond acceptors (Lipinski definition) is 2. The van der Waals surface area contributed by atoms with Gasteiger partial charge in [0.2, 0.25) is 0 Å². The third-order valence-electron chi connectivity index (χ3n) is 4.56. The molecule has 4 heteroatoms. The molecule has 1 aromatic rings. The molecule has 0 aliphatic heterocycles. The van der Waals surface area contributed by atoms with E-state index in [9.17, 15) is 0 Å². The third kappa shape index (κ3) is 6.61. The predicted octanol–water partition coefficient (Wildman–Crippen LogP) is 3.12. The maximum atomic E-state index is 5.95. The van der Waals surface area contributed by atoms with Crippen molar-refractivity contribution in [1.29, 1.82) is 0 Å². The van der Waals surface area contributed by atoms with Crippen molar-refractivity contribution in [2.45, 2.75) is 51.6 Å². The van der Waals surface area contributed by atoms with Gasteiger partial charge in [-0.25, -0.2) is 0 Å². The number of aliphatic imine (C=N–C) groups is 1. The van der Waals surface area contributed by atoms with Crippen LogP contribution in [0, 0.1) is 5.92 Å². The van der Waals surface area contributed by atoms with Crippen molar-refractivity contribution in [2.75, 3.05) is 19.7 Å². The minimum absolute atomic E-state index is 0.350. The summed E-state index contributed by atoms with van der Waals surface area (Å²) in [5.41, 5.74) is 7.26. The second-order valence-electron chi connectivity index (χ2n) is 6.26. The van der Waals surface area contributed by atoms with Gasteiger partial charge in [-0.1, -0.05) is 43.2 Å². The molecule has 3 N–H and O–H groups in total. The zero-order valence-corrected chi connectivity index (χ0v) is 14.3. The van der Waals surface area contributed by atoms with Crippen LogP contribution in [0.5, 0.6) is 0 Å². The minimum atomic E-state index is 0.350. The van der Waals surface area contributed by atoms with E-state index in [1.807, 2.05) is 6.07 Å². The van der Waals surface area contributed by atoms with Crippen molar-refractivity contribution in [1.82, 2.24) is 5.32 Å². The summed E-state index contributed by atoms with van der Waals surface area (Å²) in [7, 11) is 0. The minimum Gasteiger partial charge on any atom is -0.378 e. The largest absolute Gasteiger partial charge is 0.378 e. The summed E-state index contributed by atoms with van der Waals surface area (Å²) in [5, 5.41) is 3.19. The number of ether oxygens (including phenoxy) is 1. The highest BCUT2D eigenvalue weighted by molar-refractivity contribution is 5.77. The molecule has 0 heterocycles. The van der Waals surface area contributed by atoms with Crippen LogP contribution < -0.4 is 11.1 Å². The van der Waals surface area contributed by atoms with Gasteiger partial charge in [0, 0.05) is 19.7 Å². The van der Waals surface area contributed by atoms with Gasteiger partial charge in [-0.2, -0.15) is 0 Å². The first-order valence-electron chi connectivity index (χ1n) is 8.99. The van der Waals surface area contributed by atoms with E-state index in [2.05, 4.69) is 41.5 Å². The van der Waals surface area contributed by atoms with E-state index in [1.54, 1.807) is 0 Å². The summed E-state index contributed by atoms with van der Waals surface area (Å²) in [6, 6.07) is 10.4. The lowest BCUT2D eigenvalue weighted by molar-refractivity contribution is 0.0177. The van der Waals surface area contributed by atoms with Crippen molar-refractivity contribution < 1.29 is 4.74 Å². The molecule has 1 aliphatic carbocycles. The van der Waals surface area contributed by atoms with E-state index in [4.69, 9.17) is 10.5 Å². The van der Waals surface area contributed by atoms with E-state index in [0.29, 0.717) is 12.1 Å². The Kier molecular flexibility index (Phi) is 7.95. The van der Waals surface area contributed by atoms with Crippen molar-refractivity contribution in [3.63, 3.8) is 0 Å². The molecule has 128 valence electrons. The second-order valence-corrected chi connectivity index (χ2v) is 6.26. The standard InChI is InChI=1S/C19H31N3O/c1-2-23-18(17-10-6-7-11-17)13-15-22-19(20)21-14-12-16-8-4-3-5-9-16/h3-5,8-9,17-18H,2,6-7,10-15H2,1H3,(H3,20,21,22). The van der Waals surface area contributed by atoms with Crippen molar-refractivity contribution in [3.05, 3.63) is 35.9 Å². The van der Waals surface area contributed by atoms with Gasteiger partial charge in [-0.15, -0.1) is 0 Å². The smallest absolute Gasteiger partial charge is 0.188 e. The quantitative estimate of drug-likeness (QED) is 0.543. The van der Waals surface area contributed by atoms with E-state index in [0.717, 1.165) is 38.5 Å². The molecule has 1 atom stereocenters. The van der Waals surface area contributed by atoms with Gasteiger partial charge in [0.15, 0.2) is 5.96 Å². The summed E-state index contributed by atoms with van der Waals surface area (Å²) in [4.78, 5) is 4.45. The van der Waals surface area contributed by atoms with Crippen LogP contribution in [-0.2, 0) is 11.2 Å². The van der Waals surface area contributed by atoms with E-state index >= 15 is 0 Å². The Hall–Kier alpha value is -1.55. The van der Waals surface area contributed by atoms with Crippen LogP contribution in [0.15, 0.2) is 35.3 Å². The Bertz CT molecular complexity index is 455. The molecule has 0 saturated heterocycles. The van der Waals surface area contributed by atoms with Gasteiger partial charge in [0.05, 0.1) is 6.10 Å². The number of guanidine groups is 1. The van der Waals surface area contributed by atoms with Crippen LogP contribution in [-0.4, -0.2) is 31.8 Å². The highest BCUT2D eigenvalue weighted by Crippen LogP contribution is 2.30. The first kappa shape index (κ1) is 17.8. The van der Waals surface area contributed by atoms with Crippen LogP contribution in [0.4, 0.5) is 0 Å². The van der Waals surface area contributed by atoms with Crippen LogP contribution in [0.3, 0.4) is 0 Å². The summed E-state index contributed by atoms with van der Waals surface area (Å²) in [5.74, 6) is 1.26. The molecule has 0 spiro atoms. The van der Waals surface area contributed by atoms with Gasteiger partial charge in [0.1, 0.15) is 0 Å². The zero-order valence-electron chi connectivity index (χ0n) is 14.3. The molecule has 1 aliphatic rings. The van der Waals surface area contributed by atoms with E-state index in [-0.39, 0.29) is 0 Å². The zero-order chi connectivity index (χ0) is 16.3. The van der Waals surface area contributed by atoms with Crippen LogP contribution >= 0.6 is 0 Å². The highest BCUT2D eigenvalue weighted by Gasteiger charge is 2.24. The Morgan fingerprint density at radius 2 is 2.04 bits per heavy atom. The first-order chi connectivity index (χ1) is 11.3. The molecule has 4 nitrogen and oxygen atoms in total. The molecule has 0 radical (unpaired) electrons. The Morgan fingerprint density at radius 1 is 1.30 bits per heavy atom. The molecular formula is C19H31N3O. The average molecular weight is 317 g/mol. The lowest BCUT2D eigenvalue weighted by Crippen LogP contribution is -2.33. The highest BCUT2D eigenvalue weighted by atomic mass is 16.5. The van der Waals surface area contributed by atoms with Gasteiger partial charge in [-0.3, -0.25) is 4.99 Å². The van der Waals surface area contributed by atoms with Gasteiger partial charge >= 0.3 is 0 Å². The molecule has 1 saturated carbocycles. The molecule has 2 rings (SSSR count). The lowest BCUT2D eigenvalue weighted by atomic mass is 9.98. The summed E-state index contributed by atoms with van der Waals surface area (Å²) >= 11 is 0. The van der Waals surface area contributed by atoms with Crippen molar-refractivity contribution in [2.24, 2.45) is 16.6 Å². The monoisotopic (exact) mass is 317 g/mol. The maximum absolute atomic E-state index is 5.95. The number of rotatable bonds is 9. The van der Waals surface area contributed by atoms with Crippen molar-refractivity contribution >= 4 is 5.96 Å². The Morgan fingerprint density at radius 3 is 2.74 bits per heavy atom. The fraction of sp³-hybridized carbons (Fsp3) is 0.632. The number of hydrogen-bond donors (Lipinski definition) is 2. The SMILES string of the molecule is CCOC(CCN=C(N)NCCc1ccccc1)C1CCCC1. The number of benzene rings is 1.